The number of rotatable bonds is 3. The highest BCUT2D eigenvalue weighted by atomic mass is 19.4. The standard InChI is InChI=1S/C33H23N3O4.C25H15N3O3.C2HF3O/c1-40-19-12-10-17(11-13-19)16-34-32(38)28-26-20-6-2-4-8-22(20)35-18-14-24(25(37)15-18)36-23-9-5-3-7-21(23)27(29(28)33(34)39)31(36)30(26)35;29-17-10-11-9-16(17)28-15-8-4-2-6-13(15)19-21-20(24(30)26-25(21)31)18-12-5-1-3-7-14(12)27(11)22(18)23(19)28;3-2(4,5)1-6/h2-13,18,24H,14-16H2,1H3;1-8,11,16H,9-10H2,(H,26,30,31);1H. The minimum atomic E-state index is -4.64. The molecule has 17 rings (SSSR count). The number of halogens is 3. The summed E-state index contributed by atoms with van der Waals surface area (Å²) in [4.78, 5) is 91.4. The number of para-hydroxylation sites is 4. The molecular weight excluding hydrogens is 990 g/mol. The van der Waals surface area contributed by atoms with Crippen LogP contribution in [0, 0.1) is 0 Å². The summed E-state index contributed by atoms with van der Waals surface area (Å²) in [5, 5.41) is 9.44. The molecule has 0 saturated heterocycles. The molecule has 4 unspecified atom stereocenters. The summed E-state index contributed by atoms with van der Waals surface area (Å²) in [6.07, 6.45) is -3.34. The van der Waals surface area contributed by atoms with Crippen LogP contribution in [-0.2, 0) is 20.9 Å². The van der Waals surface area contributed by atoms with Crippen molar-refractivity contribution in [1.29, 1.82) is 0 Å². The second-order valence-electron chi connectivity index (χ2n) is 20.6. The molecule has 4 amide bonds. The van der Waals surface area contributed by atoms with Crippen molar-refractivity contribution in [1.82, 2.24) is 28.5 Å². The topological polar surface area (TPSA) is 164 Å². The van der Waals surface area contributed by atoms with Gasteiger partial charge in [0.05, 0.1) is 70.1 Å². The molecule has 378 valence electrons. The van der Waals surface area contributed by atoms with Gasteiger partial charge in [-0.3, -0.25) is 43.8 Å². The van der Waals surface area contributed by atoms with Crippen LogP contribution in [0.4, 0.5) is 13.2 Å². The largest absolute Gasteiger partial charge is 0.497 e. The lowest BCUT2D eigenvalue weighted by atomic mass is 9.96. The highest BCUT2D eigenvalue weighted by Gasteiger charge is 2.48. The third kappa shape index (κ3) is 5.87. The third-order valence-corrected chi connectivity index (χ3v) is 16.8. The number of nitrogens with zero attached hydrogens (tertiary/aromatic N) is 5. The lowest BCUT2D eigenvalue weighted by Crippen LogP contribution is -2.29. The number of aromatic nitrogens is 4. The third-order valence-electron chi connectivity index (χ3n) is 16.8. The van der Waals surface area contributed by atoms with Gasteiger partial charge in [-0.1, -0.05) is 84.9 Å². The Bertz CT molecular complexity index is 4630. The lowest BCUT2D eigenvalue weighted by molar-refractivity contribution is -0.156. The normalized spacial score (nSPS) is 19.8. The second kappa shape index (κ2) is 15.6. The fourth-order valence-corrected chi connectivity index (χ4v) is 14.0. The molecule has 7 aromatic carbocycles. The molecule has 17 heteroatoms. The van der Waals surface area contributed by atoms with Gasteiger partial charge in [-0.05, 0) is 54.8 Å². The smallest absolute Gasteiger partial charge is 0.446 e. The fraction of sp³-hybridized carbons (Fsp3) is 0.183. The van der Waals surface area contributed by atoms with Crippen molar-refractivity contribution in [2.24, 2.45) is 0 Å². The highest BCUT2D eigenvalue weighted by Crippen LogP contribution is 2.55. The number of Topliss-reactive ketones (excluding diaryl/α,β-unsaturated/α-hetero) is 2. The zero-order valence-corrected chi connectivity index (χ0v) is 40.6. The molecule has 4 bridgehead atoms. The van der Waals surface area contributed by atoms with Gasteiger partial charge in [0.25, 0.3) is 23.6 Å². The van der Waals surface area contributed by atoms with Crippen LogP contribution in [0.2, 0.25) is 0 Å². The Morgan fingerprint density at radius 3 is 1.25 bits per heavy atom. The molecule has 6 aliphatic rings. The van der Waals surface area contributed by atoms with Crippen molar-refractivity contribution in [3.05, 3.63) is 149 Å². The van der Waals surface area contributed by atoms with E-state index in [1.165, 1.54) is 4.90 Å². The molecule has 4 aromatic heterocycles. The van der Waals surface area contributed by atoms with E-state index in [-0.39, 0.29) is 65.9 Å². The number of methoxy groups -OCH3 is 1. The van der Waals surface area contributed by atoms with Gasteiger partial charge in [-0.25, -0.2) is 0 Å². The molecule has 4 atom stereocenters. The highest BCUT2D eigenvalue weighted by molar-refractivity contribution is 6.41. The van der Waals surface area contributed by atoms with Crippen LogP contribution in [-0.4, -0.2) is 77.9 Å². The van der Waals surface area contributed by atoms with E-state index in [4.69, 9.17) is 9.53 Å². The number of ether oxygens (including phenoxy) is 1. The van der Waals surface area contributed by atoms with Crippen molar-refractivity contribution in [2.75, 3.05) is 7.11 Å². The van der Waals surface area contributed by atoms with Crippen LogP contribution in [0.25, 0.3) is 87.2 Å². The Morgan fingerprint density at radius 1 is 0.519 bits per heavy atom. The number of fused-ring (bicyclic) bond motifs is 26. The molecule has 4 aliphatic heterocycles. The molecular formula is C60H39F3N6O8. The van der Waals surface area contributed by atoms with Crippen LogP contribution in [0.5, 0.6) is 5.75 Å². The Morgan fingerprint density at radius 2 is 0.870 bits per heavy atom. The van der Waals surface area contributed by atoms with E-state index in [1.807, 2.05) is 109 Å². The molecule has 14 nitrogen and oxygen atoms in total. The van der Waals surface area contributed by atoms with Crippen molar-refractivity contribution >= 4 is 129 Å². The predicted molar refractivity (Wildman–Crippen MR) is 281 cm³/mol. The first-order valence-electron chi connectivity index (χ1n) is 25.2. The van der Waals surface area contributed by atoms with Crippen molar-refractivity contribution in [3.8, 4) is 5.75 Å². The quantitative estimate of drug-likeness (QED) is 0.135. The first-order chi connectivity index (χ1) is 37.3. The molecule has 2 saturated carbocycles. The summed E-state index contributed by atoms with van der Waals surface area (Å²) in [5.41, 5.74) is 10.3. The van der Waals surface area contributed by atoms with E-state index in [1.54, 1.807) is 7.11 Å². The van der Waals surface area contributed by atoms with Crippen LogP contribution in [0.1, 0.15) is 96.8 Å². The number of hydrogen-bond donors (Lipinski definition) is 1. The molecule has 0 radical (unpaired) electrons. The number of hydrogen-bond acceptors (Lipinski definition) is 8. The number of carbonyl (C=O) groups is 7. The van der Waals surface area contributed by atoms with E-state index >= 15 is 0 Å². The number of imide groups is 2. The van der Waals surface area contributed by atoms with Gasteiger partial charge in [0.15, 0.2) is 11.6 Å². The zero-order chi connectivity index (χ0) is 52.7. The minimum Gasteiger partial charge on any atom is -0.497 e. The number of benzene rings is 7. The van der Waals surface area contributed by atoms with Gasteiger partial charge in [-0.2, -0.15) is 13.2 Å². The summed E-state index contributed by atoms with van der Waals surface area (Å²) in [6, 6.07) is 38.9. The van der Waals surface area contributed by atoms with Gasteiger partial charge in [0.2, 0.25) is 6.29 Å². The maximum absolute atomic E-state index is 14.3. The average molecular weight is 1030 g/mol. The molecule has 1 N–H and O–H groups in total. The summed E-state index contributed by atoms with van der Waals surface area (Å²) in [5.74, 6) is -0.108. The summed E-state index contributed by atoms with van der Waals surface area (Å²) >= 11 is 0. The van der Waals surface area contributed by atoms with Gasteiger partial charge >= 0.3 is 6.18 Å². The fourth-order valence-electron chi connectivity index (χ4n) is 14.0. The lowest BCUT2D eigenvalue weighted by Gasteiger charge is -2.15. The van der Waals surface area contributed by atoms with Crippen LogP contribution >= 0.6 is 0 Å². The zero-order valence-electron chi connectivity index (χ0n) is 40.6. The van der Waals surface area contributed by atoms with Gasteiger partial charge in [0.1, 0.15) is 5.75 Å². The first kappa shape index (κ1) is 45.0. The van der Waals surface area contributed by atoms with E-state index in [2.05, 4.69) is 35.7 Å². The summed E-state index contributed by atoms with van der Waals surface area (Å²) in [6.45, 7) is 0.167. The predicted octanol–water partition coefficient (Wildman–Crippen LogP) is 11.2. The summed E-state index contributed by atoms with van der Waals surface area (Å²) in [7, 11) is 1.61. The Hall–Kier alpha value is -9.38. The number of amides is 4. The Kier molecular flexibility index (Phi) is 9.12. The number of alkyl halides is 3. The SMILES string of the molecule is COc1ccc(CN2C(=O)c3c(c4c5ccccc5n5c4c4c3c3ccccc3n4C3CC(=O)C5C3)C2=O)cc1.O=C1NC(=O)c2c1c1c3ccccc3n3c1c1c2c2ccccc2n1C1CC3CC1=O.O=CC(F)(F)F. The van der Waals surface area contributed by atoms with E-state index in [0.29, 0.717) is 47.3 Å². The van der Waals surface area contributed by atoms with E-state index in [9.17, 15) is 41.9 Å². The first-order valence-corrected chi connectivity index (χ1v) is 25.2. The minimum absolute atomic E-state index is 0.00224. The molecule has 2 fully saturated rings. The molecule has 77 heavy (non-hydrogen) atoms. The molecule has 11 aromatic rings. The summed E-state index contributed by atoms with van der Waals surface area (Å²) < 4.78 is 45.4. The van der Waals surface area contributed by atoms with Crippen molar-refractivity contribution in [2.45, 2.75) is 62.6 Å². The monoisotopic (exact) mass is 1030 g/mol. The maximum atomic E-state index is 14.3. The Labute approximate surface area is 431 Å². The maximum Gasteiger partial charge on any atom is 0.446 e. The number of carbonyl (C=O) groups excluding carboxylic acids is 7. The average Bonchev–Trinajstić information content (AvgIpc) is 3.12. The number of nitrogens with one attached hydrogen (secondary N) is 1. The molecule has 2 aliphatic carbocycles. The van der Waals surface area contributed by atoms with Gasteiger partial charge in [-0.15, -0.1) is 0 Å². The second-order valence-corrected chi connectivity index (χ2v) is 20.6. The van der Waals surface area contributed by atoms with Gasteiger partial charge in [0, 0.05) is 90.1 Å². The van der Waals surface area contributed by atoms with Gasteiger partial charge < -0.3 is 23.0 Å². The van der Waals surface area contributed by atoms with Crippen LogP contribution < -0.4 is 10.1 Å². The van der Waals surface area contributed by atoms with Crippen molar-refractivity contribution in [3.63, 3.8) is 0 Å². The molecule has 8 heterocycles. The Balaban J connectivity index is 0.000000125. The number of aldehydes is 1. The van der Waals surface area contributed by atoms with E-state index < -0.39 is 12.5 Å². The van der Waals surface area contributed by atoms with Crippen LogP contribution in [0.3, 0.4) is 0 Å². The van der Waals surface area contributed by atoms with Crippen LogP contribution in [0.15, 0.2) is 121 Å². The molecule has 0 spiro atoms. The van der Waals surface area contributed by atoms with E-state index in [0.717, 1.165) is 99.2 Å². The van der Waals surface area contributed by atoms with Crippen molar-refractivity contribution < 1.29 is 51.5 Å². The number of ketones is 2.